The summed E-state index contributed by atoms with van der Waals surface area (Å²) in [5.41, 5.74) is 1.18. The minimum atomic E-state index is -0.403. The molecule has 0 amide bonds. The topological polar surface area (TPSA) is 59.9 Å². The van der Waals surface area contributed by atoms with Crippen molar-refractivity contribution in [2.75, 3.05) is 11.9 Å². The first kappa shape index (κ1) is 13.5. The van der Waals surface area contributed by atoms with E-state index < -0.39 is 5.82 Å². The van der Waals surface area contributed by atoms with E-state index in [1.807, 2.05) is 6.92 Å². The van der Waals surface area contributed by atoms with Crippen molar-refractivity contribution in [1.29, 1.82) is 0 Å². The van der Waals surface area contributed by atoms with Crippen molar-refractivity contribution in [3.63, 3.8) is 0 Å². The molecule has 1 aromatic carbocycles. The lowest BCUT2D eigenvalue weighted by molar-refractivity contribution is 0.312. The Bertz CT molecular complexity index is 594. The highest BCUT2D eigenvalue weighted by Crippen LogP contribution is 2.20. The van der Waals surface area contributed by atoms with E-state index in [0.717, 1.165) is 5.56 Å². The third-order valence-corrected chi connectivity index (χ3v) is 2.40. The number of hydrogen-bond donors (Lipinski definition) is 1. The number of halogens is 2. The molecule has 100 valence electrons. The van der Waals surface area contributed by atoms with E-state index in [-0.39, 0.29) is 22.9 Å². The Hall–Kier alpha value is -1.95. The molecule has 0 aliphatic rings. The van der Waals surface area contributed by atoms with Crippen LogP contribution in [0.4, 0.5) is 16.0 Å². The summed E-state index contributed by atoms with van der Waals surface area (Å²) in [5, 5.41) is 2.73. The molecule has 0 atom stereocenters. The summed E-state index contributed by atoms with van der Waals surface area (Å²) in [6.45, 7) is 4.06. The first-order valence-electron chi connectivity index (χ1n) is 5.66. The van der Waals surface area contributed by atoms with E-state index >= 15 is 0 Å². The van der Waals surface area contributed by atoms with Crippen LogP contribution in [0.5, 0.6) is 6.01 Å². The Morgan fingerprint density at radius 2 is 2.11 bits per heavy atom. The highest BCUT2D eigenvalue weighted by Gasteiger charge is 2.08. The second kappa shape index (κ2) is 5.79. The lowest BCUT2D eigenvalue weighted by Gasteiger charge is -2.08. The molecule has 0 saturated heterocycles. The van der Waals surface area contributed by atoms with E-state index in [9.17, 15) is 4.39 Å². The Labute approximate surface area is 114 Å². The first-order chi connectivity index (χ1) is 9.08. The van der Waals surface area contributed by atoms with Gasteiger partial charge in [0.2, 0.25) is 11.2 Å². The number of ether oxygens (including phenoxy) is 1. The van der Waals surface area contributed by atoms with Gasteiger partial charge in [-0.05, 0) is 43.1 Å². The largest absolute Gasteiger partial charge is 0.464 e. The molecule has 1 N–H and O–H groups in total. The Kier molecular flexibility index (Phi) is 4.11. The molecule has 7 heteroatoms. The van der Waals surface area contributed by atoms with Crippen LogP contribution in [0, 0.1) is 12.7 Å². The first-order valence-corrected chi connectivity index (χ1v) is 6.04. The second-order valence-electron chi connectivity index (χ2n) is 3.75. The fourth-order valence-electron chi connectivity index (χ4n) is 1.44. The summed E-state index contributed by atoms with van der Waals surface area (Å²) >= 11 is 5.75. The van der Waals surface area contributed by atoms with Gasteiger partial charge in [-0.15, -0.1) is 0 Å². The van der Waals surface area contributed by atoms with Gasteiger partial charge in [-0.3, -0.25) is 0 Å². The quantitative estimate of drug-likeness (QED) is 0.933. The van der Waals surface area contributed by atoms with Crippen molar-refractivity contribution in [1.82, 2.24) is 15.0 Å². The van der Waals surface area contributed by atoms with Gasteiger partial charge < -0.3 is 10.1 Å². The molecule has 0 aliphatic heterocycles. The number of aromatic nitrogens is 3. The van der Waals surface area contributed by atoms with Crippen LogP contribution < -0.4 is 10.1 Å². The van der Waals surface area contributed by atoms with Crippen molar-refractivity contribution in [2.45, 2.75) is 13.8 Å². The second-order valence-corrected chi connectivity index (χ2v) is 4.09. The van der Waals surface area contributed by atoms with Crippen LogP contribution in [0.25, 0.3) is 0 Å². The number of aryl methyl sites for hydroxylation is 1. The number of benzene rings is 1. The summed E-state index contributed by atoms with van der Waals surface area (Å²) in [7, 11) is 0. The number of rotatable bonds is 4. The average molecular weight is 283 g/mol. The fraction of sp³-hybridized carbons (Fsp3) is 0.250. The lowest BCUT2D eigenvalue weighted by atomic mass is 10.2. The predicted molar refractivity (Wildman–Crippen MR) is 70.4 cm³/mol. The van der Waals surface area contributed by atoms with Crippen LogP contribution in [-0.2, 0) is 0 Å². The Balaban J connectivity index is 2.29. The molecule has 2 rings (SSSR count). The molecule has 0 bridgehead atoms. The number of anilines is 2. The number of hydrogen-bond acceptors (Lipinski definition) is 5. The van der Waals surface area contributed by atoms with Gasteiger partial charge in [-0.2, -0.15) is 15.0 Å². The van der Waals surface area contributed by atoms with Gasteiger partial charge >= 0.3 is 6.01 Å². The highest BCUT2D eigenvalue weighted by atomic mass is 35.5. The van der Waals surface area contributed by atoms with Crippen molar-refractivity contribution < 1.29 is 9.13 Å². The van der Waals surface area contributed by atoms with Crippen LogP contribution in [0.15, 0.2) is 18.2 Å². The van der Waals surface area contributed by atoms with E-state index in [1.54, 1.807) is 19.1 Å². The maximum Gasteiger partial charge on any atom is 0.322 e. The van der Waals surface area contributed by atoms with E-state index in [4.69, 9.17) is 16.3 Å². The summed E-state index contributed by atoms with van der Waals surface area (Å²) in [5.74, 6) is -0.270. The Morgan fingerprint density at radius 3 is 2.84 bits per heavy atom. The summed E-state index contributed by atoms with van der Waals surface area (Å²) in [4.78, 5) is 11.6. The highest BCUT2D eigenvalue weighted by molar-refractivity contribution is 6.28. The van der Waals surface area contributed by atoms with Crippen LogP contribution in [-0.4, -0.2) is 21.6 Å². The number of nitrogens with zero attached hydrogens (tertiary/aromatic N) is 3. The lowest BCUT2D eigenvalue weighted by Crippen LogP contribution is -2.04. The van der Waals surface area contributed by atoms with Crippen molar-refractivity contribution >= 4 is 23.2 Å². The molecule has 0 unspecified atom stereocenters. The zero-order chi connectivity index (χ0) is 13.8. The third-order valence-electron chi connectivity index (χ3n) is 2.23. The monoisotopic (exact) mass is 282 g/mol. The predicted octanol–water partition coefficient (Wildman–Crippen LogP) is 3.11. The molecule has 19 heavy (non-hydrogen) atoms. The fourth-order valence-corrected chi connectivity index (χ4v) is 1.59. The molecule has 0 radical (unpaired) electrons. The van der Waals surface area contributed by atoms with Crippen molar-refractivity contribution in [2.24, 2.45) is 0 Å². The normalized spacial score (nSPS) is 10.3. The molecule has 1 aromatic heterocycles. The van der Waals surface area contributed by atoms with Crippen LogP contribution in [0.3, 0.4) is 0 Å². The van der Waals surface area contributed by atoms with Gasteiger partial charge in [-0.25, -0.2) is 4.39 Å². The smallest absolute Gasteiger partial charge is 0.322 e. The van der Waals surface area contributed by atoms with E-state index in [2.05, 4.69) is 20.3 Å². The zero-order valence-corrected chi connectivity index (χ0v) is 11.2. The summed E-state index contributed by atoms with van der Waals surface area (Å²) in [6, 6.07) is 4.78. The van der Waals surface area contributed by atoms with Crippen LogP contribution in [0.2, 0.25) is 5.28 Å². The zero-order valence-electron chi connectivity index (χ0n) is 10.4. The van der Waals surface area contributed by atoms with Crippen molar-refractivity contribution in [3.8, 4) is 6.01 Å². The molecular weight excluding hydrogens is 271 g/mol. The maximum absolute atomic E-state index is 13.6. The van der Waals surface area contributed by atoms with Gasteiger partial charge in [0.1, 0.15) is 5.82 Å². The van der Waals surface area contributed by atoms with Gasteiger partial charge in [0.25, 0.3) is 0 Å². The minimum absolute atomic E-state index is 0.0194. The molecular formula is C12H12ClFN4O. The van der Waals surface area contributed by atoms with E-state index in [1.165, 1.54) is 6.07 Å². The van der Waals surface area contributed by atoms with Gasteiger partial charge in [0, 0.05) is 0 Å². The van der Waals surface area contributed by atoms with Gasteiger partial charge in [-0.1, -0.05) is 6.07 Å². The maximum atomic E-state index is 13.6. The van der Waals surface area contributed by atoms with E-state index in [0.29, 0.717) is 6.61 Å². The average Bonchev–Trinajstić information content (AvgIpc) is 2.33. The minimum Gasteiger partial charge on any atom is -0.464 e. The van der Waals surface area contributed by atoms with Gasteiger partial charge in [0.05, 0.1) is 12.3 Å². The molecule has 5 nitrogen and oxygen atoms in total. The molecule has 1 heterocycles. The van der Waals surface area contributed by atoms with Gasteiger partial charge in [0.15, 0.2) is 0 Å². The Morgan fingerprint density at radius 1 is 1.32 bits per heavy atom. The van der Waals surface area contributed by atoms with Crippen LogP contribution in [0.1, 0.15) is 12.5 Å². The molecule has 2 aromatic rings. The summed E-state index contributed by atoms with van der Waals surface area (Å²) in [6.07, 6.45) is 0. The summed E-state index contributed by atoms with van der Waals surface area (Å²) < 4.78 is 18.7. The van der Waals surface area contributed by atoms with Crippen molar-refractivity contribution in [3.05, 3.63) is 34.9 Å². The third kappa shape index (κ3) is 3.51. The molecule has 0 saturated carbocycles. The molecule has 0 aliphatic carbocycles. The molecule has 0 spiro atoms. The van der Waals surface area contributed by atoms with Crippen LogP contribution >= 0.6 is 11.6 Å². The molecule has 0 fully saturated rings. The number of nitrogens with one attached hydrogen (secondary N) is 1. The SMILES string of the molecule is CCOc1nc(Cl)nc(Nc2cc(C)ccc2F)n1. The standard InChI is InChI=1S/C12H12ClFN4O/c1-3-19-12-17-10(13)16-11(18-12)15-9-6-7(2)4-5-8(9)14/h4-6H,3H2,1-2H3,(H,15,16,17,18).